The minimum atomic E-state index is -3.94. The van der Waals surface area contributed by atoms with Crippen LogP contribution in [-0.4, -0.2) is 46.0 Å². The predicted molar refractivity (Wildman–Crippen MR) is 166 cm³/mol. The number of nitrogens with zero attached hydrogens (tertiary/aromatic N) is 1. The molecule has 0 saturated heterocycles. The lowest BCUT2D eigenvalue weighted by Crippen LogP contribution is -2.52. The number of anilines is 2. The Labute approximate surface area is 259 Å². The SMILES string of the molecule is O=C(NCCc1ccccc1)C1CN(C(=O)COc2ccc(S(=O)(=O)Nc3ccc(Cl)cc3)cc2Cl)c2ccccc2O1. The zero-order chi connectivity index (χ0) is 30.4. The number of amides is 2. The average molecular weight is 641 g/mol. The molecule has 0 bridgehead atoms. The van der Waals surface area contributed by atoms with E-state index < -0.39 is 28.6 Å². The van der Waals surface area contributed by atoms with E-state index in [1.165, 1.54) is 35.2 Å². The number of ether oxygens (including phenoxy) is 2. The van der Waals surface area contributed by atoms with Gasteiger partial charge in [-0.3, -0.25) is 14.3 Å². The van der Waals surface area contributed by atoms with Gasteiger partial charge in [0, 0.05) is 17.3 Å². The maximum Gasteiger partial charge on any atom is 0.265 e. The predicted octanol–water partition coefficient (Wildman–Crippen LogP) is 5.33. The first-order valence-electron chi connectivity index (χ1n) is 13.3. The van der Waals surface area contributed by atoms with Crippen molar-refractivity contribution < 1.29 is 27.5 Å². The molecule has 4 aromatic carbocycles. The summed E-state index contributed by atoms with van der Waals surface area (Å²) in [5, 5.41) is 3.36. The van der Waals surface area contributed by atoms with Crippen LogP contribution in [-0.2, 0) is 26.0 Å². The van der Waals surface area contributed by atoms with E-state index in [9.17, 15) is 18.0 Å². The van der Waals surface area contributed by atoms with Crippen LogP contribution in [0.15, 0.2) is 102 Å². The minimum absolute atomic E-state index is 0.00447. The van der Waals surface area contributed by atoms with Crippen LogP contribution in [0.25, 0.3) is 0 Å². The molecule has 0 aliphatic carbocycles. The van der Waals surface area contributed by atoms with Crippen LogP contribution >= 0.6 is 23.2 Å². The number of halogens is 2. The third kappa shape index (κ3) is 7.59. The number of hydrogen-bond donors (Lipinski definition) is 2. The van der Waals surface area contributed by atoms with Crippen LogP contribution < -0.4 is 24.4 Å². The normalized spacial score (nSPS) is 14.3. The van der Waals surface area contributed by atoms with Gasteiger partial charge in [0.1, 0.15) is 11.5 Å². The first-order chi connectivity index (χ1) is 20.7. The minimum Gasteiger partial charge on any atom is -0.482 e. The van der Waals surface area contributed by atoms with Crippen LogP contribution in [0.3, 0.4) is 0 Å². The second kappa shape index (κ2) is 13.4. The molecule has 1 heterocycles. The third-order valence-corrected chi connectivity index (χ3v) is 8.51. The summed E-state index contributed by atoms with van der Waals surface area (Å²) < 4.78 is 39.7. The molecule has 0 radical (unpaired) electrons. The van der Waals surface area contributed by atoms with Crippen molar-refractivity contribution in [3.05, 3.63) is 113 Å². The average Bonchev–Trinajstić information content (AvgIpc) is 3.01. The molecule has 0 saturated carbocycles. The Morgan fingerprint density at radius 3 is 2.40 bits per heavy atom. The van der Waals surface area contributed by atoms with Gasteiger partial charge in [-0.05, 0) is 66.6 Å². The van der Waals surface area contributed by atoms with Crippen LogP contribution in [0.4, 0.5) is 11.4 Å². The Balaban J connectivity index is 1.22. The lowest BCUT2D eigenvalue weighted by Gasteiger charge is -2.34. The zero-order valence-corrected chi connectivity index (χ0v) is 25.0. The van der Waals surface area contributed by atoms with E-state index in [4.69, 9.17) is 32.7 Å². The summed E-state index contributed by atoms with van der Waals surface area (Å²) in [6.07, 6.45) is -0.263. The number of sulfonamides is 1. The molecule has 1 aliphatic rings. The topological polar surface area (TPSA) is 114 Å². The Morgan fingerprint density at radius 2 is 1.65 bits per heavy atom. The molecule has 4 aromatic rings. The highest BCUT2D eigenvalue weighted by atomic mass is 35.5. The van der Waals surface area contributed by atoms with Crippen LogP contribution in [0, 0.1) is 0 Å². The monoisotopic (exact) mass is 639 g/mol. The van der Waals surface area contributed by atoms with Gasteiger partial charge >= 0.3 is 0 Å². The van der Waals surface area contributed by atoms with Gasteiger partial charge in [-0.15, -0.1) is 0 Å². The number of rotatable bonds is 10. The van der Waals surface area contributed by atoms with Crippen LogP contribution in [0.1, 0.15) is 5.56 Å². The van der Waals surface area contributed by atoms with Gasteiger partial charge in [-0.1, -0.05) is 65.7 Å². The first kappa shape index (κ1) is 30.2. The Hall–Kier alpha value is -4.25. The summed E-state index contributed by atoms with van der Waals surface area (Å²) in [6.45, 7) is -0.00990. The van der Waals surface area contributed by atoms with Crippen molar-refractivity contribution in [2.24, 2.45) is 0 Å². The lowest BCUT2D eigenvalue weighted by molar-refractivity contribution is -0.128. The molecule has 5 rings (SSSR count). The number of para-hydroxylation sites is 2. The van der Waals surface area contributed by atoms with Crippen LogP contribution in [0.5, 0.6) is 11.5 Å². The second-order valence-electron chi connectivity index (χ2n) is 9.60. The second-order valence-corrected chi connectivity index (χ2v) is 12.1. The van der Waals surface area contributed by atoms with E-state index in [0.29, 0.717) is 35.1 Å². The van der Waals surface area contributed by atoms with Crippen molar-refractivity contribution in [1.82, 2.24) is 5.32 Å². The van der Waals surface area contributed by atoms with Gasteiger partial charge in [0.15, 0.2) is 12.7 Å². The molecule has 2 N–H and O–H groups in total. The van der Waals surface area contributed by atoms with Gasteiger partial charge < -0.3 is 19.7 Å². The van der Waals surface area contributed by atoms with E-state index in [1.54, 1.807) is 36.4 Å². The quantitative estimate of drug-likeness (QED) is 0.243. The third-order valence-electron chi connectivity index (χ3n) is 6.58. The Morgan fingerprint density at radius 1 is 0.930 bits per heavy atom. The highest BCUT2D eigenvalue weighted by molar-refractivity contribution is 7.92. The summed E-state index contributed by atoms with van der Waals surface area (Å²) >= 11 is 12.2. The standard InChI is InChI=1S/C31H27Cl2N3O6S/c32-22-10-12-23(13-11-22)35-43(39,40)24-14-15-27(25(33)18-24)41-20-30(37)36-19-29(42-28-9-5-4-8-26(28)36)31(38)34-17-16-21-6-2-1-3-7-21/h1-15,18,29,35H,16-17,19-20H2,(H,34,38). The molecule has 1 atom stereocenters. The molecule has 1 unspecified atom stereocenters. The van der Waals surface area contributed by atoms with Crippen molar-refractivity contribution in [3.63, 3.8) is 0 Å². The van der Waals surface area contributed by atoms with Crippen molar-refractivity contribution in [1.29, 1.82) is 0 Å². The molecular formula is C31H27Cl2N3O6S. The number of hydrogen-bond acceptors (Lipinski definition) is 6. The summed E-state index contributed by atoms with van der Waals surface area (Å²) in [7, 11) is -3.94. The van der Waals surface area contributed by atoms with E-state index in [2.05, 4.69) is 10.0 Å². The number of carbonyl (C=O) groups is 2. The van der Waals surface area contributed by atoms with Crippen molar-refractivity contribution in [2.45, 2.75) is 17.4 Å². The number of benzene rings is 4. The van der Waals surface area contributed by atoms with E-state index in [1.807, 2.05) is 30.3 Å². The molecule has 12 heteroatoms. The first-order valence-corrected chi connectivity index (χ1v) is 15.5. The summed E-state index contributed by atoms with van der Waals surface area (Å²) in [5.41, 5.74) is 1.93. The number of carbonyl (C=O) groups excluding carboxylic acids is 2. The molecule has 43 heavy (non-hydrogen) atoms. The molecule has 2 amide bonds. The molecular weight excluding hydrogens is 613 g/mol. The summed E-state index contributed by atoms with van der Waals surface area (Å²) in [5.74, 6) is -0.255. The fraction of sp³-hybridized carbons (Fsp3) is 0.161. The molecule has 1 aliphatic heterocycles. The summed E-state index contributed by atoms with van der Waals surface area (Å²) in [6, 6.07) is 26.8. The van der Waals surface area contributed by atoms with Crippen molar-refractivity contribution in [3.8, 4) is 11.5 Å². The van der Waals surface area contributed by atoms with Crippen LogP contribution in [0.2, 0.25) is 10.0 Å². The van der Waals surface area contributed by atoms with Gasteiger partial charge in [-0.2, -0.15) is 0 Å². The lowest BCUT2D eigenvalue weighted by atomic mass is 10.1. The molecule has 0 spiro atoms. The fourth-order valence-electron chi connectivity index (χ4n) is 4.41. The zero-order valence-electron chi connectivity index (χ0n) is 22.7. The molecule has 222 valence electrons. The number of fused-ring (bicyclic) bond motifs is 1. The molecule has 9 nitrogen and oxygen atoms in total. The Bertz CT molecular complexity index is 1720. The van der Waals surface area contributed by atoms with E-state index in [0.717, 1.165) is 5.56 Å². The van der Waals surface area contributed by atoms with Crippen molar-refractivity contribution >= 4 is 56.4 Å². The number of nitrogens with one attached hydrogen (secondary N) is 2. The molecule has 0 fully saturated rings. The highest BCUT2D eigenvalue weighted by Gasteiger charge is 2.34. The largest absolute Gasteiger partial charge is 0.482 e. The van der Waals surface area contributed by atoms with Gasteiger partial charge in [0.25, 0.3) is 21.8 Å². The smallest absolute Gasteiger partial charge is 0.265 e. The molecule has 0 aromatic heterocycles. The van der Waals surface area contributed by atoms with Gasteiger partial charge in [-0.25, -0.2) is 8.42 Å². The van der Waals surface area contributed by atoms with Gasteiger partial charge in [0.2, 0.25) is 0 Å². The maximum absolute atomic E-state index is 13.3. The maximum atomic E-state index is 13.3. The highest BCUT2D eigenvalue weighted by Crippen LogP contribution is 2.34. The fourth-order valence-corrected chi connectivity index (χ4v) is 5.92. The van der Waals surface area contributed by atoms with E-state index >= 15 is 0 Å². The van der Waals surface area contributed by atoms with Crippen molar-refractivity contribution in [2.75, 3.05) is 29.3 Å². The Kier molecular flexibility index (Phi) is 9.40. The van der Waals surface area contributed by atoms with E-state index in [-0.39, 0.29) is 28.1 Å². The summed E-state index contributed by atoms with van der Waals surface area (Å²) in [4.78, 5) is 27.6. The van der Waals surface area contributed by atoms with Gasteiger partial charge in [0.05, 0.1) is 22.2 Å².